The van der Waals surface area contributed by atoms with Crippen LogP contribution in [0.5, 0.6) is 0 Å². The van der Waals surface area contributed by atoms with Crippen molar-refractivity contribution in [2.24, 2.45) is 0 Å². The molecule has 2 rings (SSSR count). The number of nitrogens with zero attached hydrogens (tertiary/aromatic N) is 3. The van der Waals surface area contributed by atoms with E-state index >= 15 is 0 Å². The second-order valence-electron chi connectivity index (χ2n) is 5.37. The summed E-state index contributed by atoms with van der Waals surface area (Å²) in [5, 5.41) is 11.1. The number of para-hydroxylation sites is 1. The van der Waals surface area contributed by atoms with E-state index in [4.69, 9.17) is 11.6 Å². The van der Waals surface area contributed by atoms with Crippen LogP contribution in [0.15, 0.2) is 18.2 Å². The lowest BCUT2D eigenvalue weighted by atomic mass is 10.0. The molecule has 1 aliphatic heterocycles. The third-order valence-corrected chi connectivity index (χ3v) is 4.17. The molecule has 1 heterocycles. The monoisotopic (exact) mass is 311 g/mol. The highest BCUT2D eigenvalue weighted by Crippen LogP contribution is 2.29. The molecule has 1 fully saturated rings. The van der Waals surface area contributed by atoms with Gasteiger partial charge in [-0.15, -0.1) is 0 Å². The van der Waals surface area contributed by atoms with E-state index in [1.54, 1.807) is 18.0 Å². The Labute approximate surface area is 128 Å². The highest BCUT2D eigenvalue weighted by Gasteiger charge is 2.30. The molecule has 21 heavy (non-hydrogen) atoms. The summed E-state index contributed by atoms with van der Waals surface area (Å²) in [6, 6.07) is 4.50. The van der Waals surface area contributed by atoms with Crippen LogP contribution in [-0.2, 0) is 0 Å². The average Bonchev–Trinajstić information content (AvgIpc) is 2.45. The molecule has 1 amide bonds. The Kier molecular flexibility index (Phi) is 4.80. The van der Waals surface area contributed by atoms with E-state index < -0.39 is 4.92 Å². The van der Waals surface area contributed by atoms with Gasteiger partial charge in [-0.1, -0.05) is 17.7 Å². The van der Waals surface area contributed by atoms with E-state index in [2.05, 4.69) is 4.90 Å². The molecule has 1 aliphatic rings. The van der Waals surface area contributed by atoms with E-state index in [0.717, 1.165) is 25.9 Å². The summed E-state index contributed by atoms with van der Waals surface area (Å²) in [5.74, 6) is -0.357. The summed E-state index contributed by atoms with van der Waals surface area (Å²) >= 11 is 5.86. The number of carbonyl (C=O) groups excluding carboxylic acids is 1. The fraction of sp³-hybridized carbons (Fsp3) is 0.500. The van der Waals surface area contributed by atoms with Crippen LogP contribution in [0.3, 0.4) is 0 Å². The molecule has 0 aliphatic carbocycles. The maximum atomic E-state index is 12.6. The van der Waals surface area contributed by atoms with E-state index in [1.807, 2.05) is 7.05 Å². The first kappa shape index (κ1) is 15.7. The largest absolute Gasteiger partial charge is 0.337 e. The van der Waals surface area contributed by atoms with Crippen molar-refractivity contribution in [2.45, 2.75) is 18.9 Å². The molecular formula is C14H18ClN3O3. The number of nitro benzene ring substituents is 1. The van der Waals surface area contributed by atoms with Crippen molar-refractivity contribution in [1.29, 1.82) is 0 Å². The molecule has 0 bridgehead atoms. The lowest BCUT2D eigenvalue weighted by Gasteiger charge is -2.35. The Balaban J connectivity index is 2.27. The topological polar surface area (TPSA) is 66.7 Å². The highest BCUT2D eigenvalue weighted by atomic mass is 35.5. The smallest absolute Gasteiger partial charge is 0.300 e. The summed E-state index contributed by atoms with van der Waals surface area (Å²) in [6.45, 7) is 1.78. The predicted molar refractivity (Wildman–Crippen MR) is 80.7 cm³/mol. The number of halogens is 1. The van der Waals surface area contributed by atoms with E-state index in [0.29, 0.717) is 0 Å². The van der Waals surface area contributed by atoms with Crippen molar-refractivity contribution in [2.75, 3.05) is 27.2 Å². The number of likely N-dealkylation sites (N-methyl/N-ethyl adjacent to an activating group) is 2. The van der Waals surface area contributed by atoms with Gasteiger partial charge in [0.2, 0.25) is 0 Å². The van der Waals surface area contributed by atoms with Crippen molar-refractivity contribution >= 4 is 23.2 Å². The number of carbonyl (C=O) groups is 1. The molecule has 0 N–H and O–H groups in total. The zero-order valence-electron chi connectivity index (χ0n) is 12.1. The standard InChI is InChI=1S/C14H18ClN3O3/c1-16-8-4-5-10(9-16)17(2)14(19)11-6-3-7-12(15)13(11)18(20)21/h3,6-7,10H,4-5,8-9H2,1-2H3. The van der Waals surface area contributed by atoms with Gasteiger partial charge < -0.3 is 9.80 Å². The Morgan fingerprint density at radius 2 is 2.24 bits per heavy atom. The Hall–Kier alpha value is -1.66. The summed E-state index contributed by atoms with van der Waals surface area (Å²) in [7, 11) is 3.70. The number of rotatable bonds is 3. The number of hydrogen-bond acceptors (Lipinski definition) is 4. The van der Waals surface area contributed by atoms with Gasteiger partial charge in [-0.2, -0.15) is 0 Å². The van der Waals surface area contributed by atoms with Gasteiger partial charge in [0.05, 0.1) is 4.92 Å². The second-order valence-corrected chi connectivity index (χ2v) is 5.77. The summed E-state index contributed by atoms with van der Waals surface area (Å²) in [4.78, 5) is 26.9. The van der Waals surface area contributed by atoms with Crippen molar-refractivity contribution in [3.05, 3.63) is 38.9 Å². The van der Waals surface area contributed by atoms with Gasteiger partial charge in [-0.05, 0) is 38.6 Å². The molecule has 7 heteroatoms. The third-order valence-electron chi connectivity index (χ3n) is 3.87. The van der Waals surface area contributed by atoms with Crippen molar-refractivity contribution in [1.82, 2.24) is 9.80 Å². The summed E-state index contributed by atoms with van der Waals surface area (Å²) in [5.41, 5.74) is -0.275. The molecule has 114 valence electrons. The minimum atomic E-state index is -0.601. The van der Waals surface area contributed by atoms with Crippen LogP contribution in [0.4, 0.5) is 5.69 Å². The normalized spacial score (nSPS) is 19.3. The van der Waals surface area contributed by atoms with Crippen LogP contribution in [0.25, 0.3) is 0 Å². The first-order valence-corrected chi connectivity index (χ1v) is 7.18. The number of benzene rings is 1. The first-order valence-electron chi connectivity index (χ1n) is 6.80. The van der Waals surface area contributed by atoms with Gasteiger partial charge >= 0.3 is 5.69 Å². The van der Waals surface area contributed by atoms with Crippen molar-refractivity contribution < 1.29 is 9.72 Å². The molecule has 6 nitrogen and oxygen atoms in total. The molecule has 1 aromatic carbocycles. The lowest BCUT2D eigenvalue weighted by Crippen LogP contribution is -2.47. The minimum absolute atomic E-state index is 0.0139. The molecule has 0 aromatic heterocycles. The fourth-order valence-corrected chi connectivity index (χ4v) is 2.93. The first-order chi connectivity index (χ1) is 9.91. The van der Waals surface area contributed by atoms with Crippen molar-refractivity contribution in [3.8, 4) is 0 Å². The van der Waals surface area contributed by atoms with Gasteiger partial charge in [0.1, 0.15) is 10.6 Å². The van der Waals surface area contributed by atoms with Crippen molar-refractivity contribution in [3.63, 3.8) is 0 Å². The number of hydrogen-bond donors (Lipinski definition) is 0. The molecule has 1 atom stereocenters. The van der Waals surface area contributed by atoms with Gasteiger partial charge in [0.25, 0.3) is 5.91 Å². The van der Waals surface area contributed by atoms with Crippen LogP contribution in [0.1, 0.15) is 23.2 Å². The van der Waals surface area contributed by atoms with E-state index in [-0.39, 0.29) is 28.2 Å². The number of nitro groups is 1. The Morgan fingerprint density at radius 1 is 1.52 bits per heavy atom. The highest BCUT2D eigenvalue weighted by molar-refractivity contribution is 6.33. The zero-order valence-corrected chi connectivity index (χ0v) is 12.8. The molecule has 1 aromatic rings. The fourth-order valence-electron chi connectivity index (χ4n) is 2.68. The van der Waals surface area contributed by atoms with E-state index in [9.17, 15) is 14.9 Å². The molecule has 0 radical (unpaired) electrons. The average molecular weight is 312 g/mol. The minimum Gasteiger partial charge on any atom is -0.337 e. The summed E-state index contributed by atoms with van der Waals surface area (Å²) in [6.07, 6.45) is 1.91. The predicted octanol–water partition coefficient (Wildman–Crippen LogP) is 2.41. The van der Waals surface area contributed by atoms with Crippen LogP contribution < -0.4 is 0 Å². The maximum absolute atomic E-state index is 12.6. The maximum Gasteiger partial charge on any atom is 0.300 e. The van der Waals surface area contributed by atoms with Crippen LogP contribution in [-0.4, -0.2) is 53.9 Å². The van der Waals surface area contributed by atoms with Crippen LogP contribution in [0.2, 0.25) is 5.02 Å². The third kappa shape index (κ3) is 3.33. The van der Waals surface area contributed by atoms with Crippen LogP contribution >= 0.6 is 11.6 Å². The lowest BCUT2D eigenvalue weighted by molar-refractivity contribution is -0.385. The molecule has 1 unspecified atom stereocenters. The number of piperidine rings is 1. The molecule has 0 spiro atoms. The van der Waals surface area contributed by atoms with Gasteiger partial charge in [0, 0.05) is 19.6 Å². The molecule has 1 saturated heterocycles. The van der Waals surface area contributed by atoms with Gasteiger partial charge in [-0.3, -0.25) is 14.9 Å². The van der Waals surface area contributed by atoms with Gasteiger partial charge in [0.15, 0.2) is 0 Å². The Bertz CT molecular complexity index is 564. The zero-order chi connectivity index (χ0) is 15.6. The van der Waals surface area contributed by atoms with Gasteiger partial charge in [-0.25, -0.2) is 0 Å². The van der Waals surface area contributed by atoms with E-state index in [1.165, 1.54) is 12.1 Å². The number of amides is 1. The van der Waals surface area contributed by atoms with Crippen LogP contribution in [0, 0.1) is 10.1 Å². The second kappa shape index (κ2) is 6.41. The molecule has 0 saturated carbocycles. The molecular weight excluding hydrogens is 294 g/mol. The Morgan fingerprint density at radius 3 is 2.86 bits per heavy atom. The summed E-state index contributed by atoms with van der Waals surface area (Å²) < 4.78 is 0. The SMILES string of the molecule is CN1CCCC(N(C)C(=O)c2cccc(Cl)c2[N+](=O)[O-])C1. The quantitative estimate of drug-likeness (QED) is 0.635. The number of likely N-dealkylation sites (tertiary alicyclic amines) is 1.